The molecule has 0 aliphatic carbocycles. The number of ether oxygens (including phenoxy) is 1. The fourth-order valence-corrected chi connectivity index (χ4v) is 5.71. The van der Waals surface area contributed by atoms with Gasteiger partial charge >= 0.3 is 13.8 Å². The number of carbonyl (C=O) groups excluding carboxylic acids is 2. The van der Waals surface area contributed by atoms with Crippen molar-refractivity contribution in [2.45, 2.75) is 148 Å². The molecule has 0 saturated carbocycles. The van der Waals surface area contributed by atoms with Crippen LogP contribution in [0.3, 0.4) is 0 Å². The van der Waals surface area contributed by atoms with Gasteiger partial charge in [0, 0.05) is 19.4 Å². The molecular formula is C45H74NO8P. The molecule has 2 atom stereocenters. The molecule has 9 nitrogen and oxygen atoms in total. The highest BCUT2D eigenvalue weighted by Gasteiger charge is 2.23. The van der Waals surface area contributed by atoms with Gasteiger partial charge in [-0.2, -0.15) is 0 Å². The number of phosphoric ester groups is 1. The number of carbonyl (C=O) groups is 2. The van der Waals surface area contributed by atoms with Crippen LogP contribution in [-0.4, -0.2) is 54.3 Å². The number of aliphatic hydroxyl groups is 1. The Morgan fingerprint density at radius 1 is 0.564 bits per heavy atom. The van der Waals surface area contributed by atoms with E-state index in [2.05, 4.69) is 110 Å². The summed E-state index contributed by atoms with van der Waals surface area (Å²) in [6.45, 7) is 3.22. The molecule has 10 heteroatoms. The normalized spacial score (nSPS) is 14.3. The molecule has 0 saturated heterocycles. The smallest absolute Gasteiger partial charge is 0.463 e. The topological polar surface area (TPSA) is 131 Å². The summed E-state index contributed by atoms with van der Waals surface area (Å²) in [5.74, 6) is -0.596. The second kappa shape index (κ2) is 40.6. The predicted molar refractivity (Wildman–Crippen MR) is 229 cm³/mol. The molecule has 312 valence electrons. The minimum absolute atomic E-state index is 0.0631. The number of hydrogen-bond acceptors (Lipinski definition) is 7. The largest absolute Gasteiger partial charge is 0.472 e. The molecule has 3 N–H and O–H groups in total. The number of aliphatic hydroxyl groups excluding tert-OH is 1. The van der Waals surface area contributed by atoms with Gasteiger partial charge in [0.2, 0.25) is 5.91 Å². The summed E-state index contributed by atoms with van der Waals surface area (Å²) < 4.78 is 26.8. The Morgan fingerprint density at radius 3 is 1.51 bits per heavy atom. The standard InChI is InChI=1S/C45H74NO8P/c1-3-5-7-9-11-13-15-17-19-21-23-25-27-29-31-33-35-37-44(48)46-39-40-53-55(50,51)54-42-43(47)41-52-45(49)38-36-34-32-30-28-26-24-22-20-18-16-14-12-10-8-6-4-2/h5-8,11-14,17-20,24,26,30,32,43,47H,3-4,9-10,15-16,21-23,25,27-29,31,33-42H2,1-2H3,(H,46,48)(H,50,51)/b7-5-,8-6-,13-11-,14-12-,19-17-,20-18-,26-24-,32-30-. The molecule has 0 spiro atoms. The van der Waals surface area contributed by atoms with Gasteiger partial charge in [-0.3, -0.25) is 18.6 Å². The molecule has 55 heavy (non-hydrogen) atoms. The summed E-state index contributed by atoms with van der Waals surface area (Å²) in [7, 11) is -4.44. The van der Waals surface area contributed by atoms with Crippen LogP contribution in [0.4, 0.5) is 0 Å². The van der Waals surface area contributed by atoms with Crippen molar-refractivity contribution in [3.8, 4) is 0 Å². The van der Waals surface area contributed by atoms with Gasteiger partial charge in [0.1, 0.15) is 12.7 Å². The molecule has 0 aromatic carbocycles. The molecular weight excluding hydrogens is 713 g/mol. The summed E-state index contributed by atoms with van der Waals surface area (Å²) in [4.78, 5) is 33.9. The molecule has 0 aromatic rings. The first-order chi connectivity index (χ1) is 26.8. The molecule has 0 aliphatic heterocycles. The van der Waals surface area contributed by atoms with Crippen molar-refractivity contribution in [2.75, 3.05) is 26.4 Å². The van der Waals surface area contributed by atoms with Crippen LogP contribution in [0.1, 0.15) is 142 Å². The Hall–Kier alpha value is -3.07. The van der Waals surface area contributed by atoms with Crippen molar-refractivity contribution in [1.29, 1.82) is 0 Å². The highest BCUT2D eigenvalue weighted by Crippen LogP contribution is 2.42. The Labute approximate surface area is 334 Å². The number of esters is 1. The van der Waals surface area contributed by atoms with E-state index in [1.165, 1.54) is 25.7 Å². The maximum Gasteiger partial charge on any atom is 0.472 e. The second-order valence-electron chi connectivity index (χ2n) is 13.2. The fourth-order valence-electron chi connectivity index (χ4n) is 4.96. The van der Waals surface area contributed by atoms with Gasteiger partial charge in [-0.1, -0.05) is 143 Å². The van der Waals surface area contributed by atoms with Gasteiger partial charge in [0.15, 0.2) is 0 Å². The van der Waals surface area contributed by atoms with Gasteiger partial charge in [-0.25, -0.2) is 4.57 Å². The Kier molecular flexibility index (Phi) is 38.3. The average molecular weight is 788 g/mol. The lowest BCUT2D eigenvalue weighted by molar-refractivity contribution is -0.147. The lowest BCUT2D eigenvalue weighted by Gasteiger charge is -2.15. The maximum absolute atomic E-state index is 12.1. The second-order valence-corrected chi connectivity index (χ2v) is 14.6. The first-order valence-corrected chi connectivity index (χ1v) is 22.2. The molecule has 0 aromatic heterocycles. The molecule has 0 rings (SSSR count). The van der Waals surface area contributed by atoms with Gasteiger partial charge < -0.3 is 20.1 Å². The number of allylic oxidation sites excluding steroid dienone is 16. The van der Waals surface area contributed by atoms with Crippen molar-refractivity contribution in [1.82, 2.24) is 5.32 Å². The van der Waals surface area contributed by atoms with Crippen LogP contribution in [0.25, 0.3) is 0 Å². The van der Waals surface area contributed by atoms with E-state index in [4.69, 9.17) is 13.8 Å². The number of phosphoric acid groups is 1. The minimum Gasteiger partial charge on any atom is -0.463 e. The van der Waals surface area contributed by atoms with Crippen LogP contribution in [0.2, 0.25) is 0 Å². The minimum atomic E-state index is -4.44. The van der Waals surface area contributed by atoms with Crippen molar-refractivity contribution in [3.05, 3.63) is 97.2 Å². The summed E-state index contributed by atoms with van der Waals surface area (Å²) in [6, 6.07) is 0. The number of hydrogen-bond donors (Lipinski definition) is 3. The summed E-state index contributed by atoms with van der Waals surface area (Å²) in [5, 5.41) is 12.7. The molecule has 1 amide bonds. The van der Waals surface area contributed by atoms with E-state index >= 15 is 0 Å². The maximum atomic E-state index is 12.1. The van der Waals surface area contributed by atoms with E-state index in [0.29, 0.717) is 12.8 Å². The van der Waals surface area contributed by atoms with Crippen LogP contribution >= 0.6 is 7.82 Å². The van der Waals surface area contributed by atoms with E-state index in [9.17, 15) is 24.2 Å². The summed E-state index contributed by atoms with van der Waals surface area (Å²) in [5.41, 5.74) is 0. The van der Waals surface area contributed by atoms with Crippen LogP contribution in [0, 0.1) is 0 Å². The van der Waals surface area contributed by atoms with Crippen molar-refractivity contribution in [3.63, 3.8) is 0 Å². The highest BCUT2D eigenvalue weighted by atomic mass is 31.2. The van der Waals surface area contributed by atoms with Crippen LogP contribution < -0.4 is 5.32 Å². The zero-order chi connectivity index (χ0) is 40.3. The lowest BCUT2D eigenvalue weighted by atomic mass is 10.1. The Morgan fingerprint density at radius 2 is 1.00 bits per heavy atom. The lowest BCUT2D eigenvalue weighted by Crippen LogP contribution is -2.27. The molecule has 0 heterocycles. The van der Waals surface area contributed by atoms with Crippen LogP contribution in [-0.2, 0) is 27.9 Å². The third kappa shape index (κ3) is 41.9. The zero-order valence-corrected chi connectivity index (χ0v) is 35.0. The zero-order valence-electron chi connectivity index (χ0n) is 34.1. The molecule has 0 fully saturated rings. The van der Waals surface area contributed by atoms with E-state index in [-0.39, 0.29) is 32.1 Å². The van der Waals surface area contributed by atoms with E-state index < -0.39 is 26.5 Å². The quantitative estimate of drug-likeness (QED) is 0.0245. The SMILES string of the molecule is CC/C=C\C/C=C\C/C=C\C/C=C\C/C=C\CCCC(=O)OCC(O)COP(=O)(O)OCCNC(=O)CCCCCCCCC/C=C\C/C=C\C/C=C\CC. The molecule has 0 radical (unpaired) electrons. The van der Waals surface area contributed by atoms with Gasteiger partial charge in [0.25, 0.3) is 0 Å². The number of rotatable bonds is 37. The van der Waals surface area contributed by atoms with E-state index in [1.54, 1.807) is 0 Å². The van der Waals surface area contributed by atoms with Crippen LogP contribution in [0.15, 0.2) is 97.2 Å². The molecule has 2 unspecified atom stereocenters. The van der Waals surface area contributed by atoms with E-state index in [0.717, 1.165) is 83.5 Å². The first-order valence-electron chi connectivity index (χ1n) is 20.7. The number of unbranched alkanes of at least 4 members (excludes halogenated alkanes) is 8. The fraction of sp³-hybridized carbons (Fsp3) is 0.600. The van der Waals surface area contributed by atoms with Crippen LogP contribution in [0.5, 0.6) is 0 Å². The summed E-state index contributed by atoms with van der Waals surface area (Å²) >= 11 is 0. The van der Waals surface area contributed by atoms with Gasteiger partial charge in [-0.05, 0) is 83.5 Å². The van der Waals surface area contributed by atoms with E-state index in [1.807, 2.05) is 6.08 Å². The summed E-state index contributed by atoms with van der Waals surface area (Å²) in [6.07, 6.45) is 52.0. The highest BCUT2D eigenvalue weighted by molar-refractivity contribution is 7.47. The Bertz CT molecular complexity index is 1220. The Balaban J connectivity index is 3.72. The van der Waals surface area contributed by atoms with Crippen molar-refractivity contribution >= 4 is 19.7 Å². The predicted octanol–water partition coefficient (Wildman–Crippen LogP) is 11.4. The molecule has 0 bridgehead atoms. The first kappa shape index (κ1) is 51.9. The van der Waals surface area contributed by atoms with Crippen molar-refractivity contribution < 1.29 is 37.9 Å². The number of amides is 1. The molecule has 0 aliphatic rings. The third-order valence-corrected chi connectivity index (χ3v) is 8.99. The third-order valence-electron chi connectivity index (χ3n) is 8.01. The average Bonchev–Trinajstić information content (AvgIpc) is 3.17. The van der Waals surface area contributed by atoms with Gasteiger partial charge in [-0.15, -0.1) is 0 Å². The van der Waals surface area contributed by atoms with Crippen molar-refractivity contribution in [2.24, 2.45) is 0 Å². The monoisotopic (exact) mass is 788 g/mol. The van der Waals surface area contributed by atoms with Gasteiger partial charge in [0.05, 0.1) is 13.2 Å². The number of nitrogens with one attached hydrogen (secondary N) is 1.